The highest BCUT2D eigenvalue weighted by Crippen LogP contribution is 2.28. The molecule has 0 radical (unpaired) electrons. The summed E-state index contributed by atoms with van der Waals surface area (Å²) in [5.41, 5.74) is 1.42. The zero-order chi connectivity index (χ0) is 18.5. The third-order valence-corrected chi connectivity index (χ3v) is 4.65. The summed E-state index contributed by atoms with van der Waals surface area (Å²) < 4.78 is 10.7. The highest BCUT2D eigenvalue weighted by molar-refractivity contribution is 8.00. The van der Waals surface area contributed by atoms with E-state index in [1.165, 1.54) is 11.8 Å². The molecule has 6 nitrogen and oxygen atoms in total. The summed E-state index contributed by atoms with van der Waals surface area (Å²) in [7, 11) is 1.59. The molecular formula is C18H16ClN3O3S. The van der Waals surface area contributed by atoms with Gasteiger partial charge in [0, 0.05) is 16.3 Å². The lowest BCUT2D eigenvalue weighted by Gasteiger charge is -2.10. The summed E-state index contributed by atoms with van der Waals surface area (Å²) in [5, 5.41) is 11.3. The molecule has 0 saturated heterocycles. The van der Waals surface area contributed by atoms with Crippen molar-refractivity contribution in [3.8, 4) is 17.2 Å². The smallest absolute Gasteiger partial charge is 0.277 e. The first-order valence-corrected chi connectivity index (χ1v) is 9.02. The van der Waals surface area contributed by atoms with E-state index in [1.807, 2.05) is 6.07 Å². The van der Waals surface area contributed by atoms with Gasteiger partial charge in [0.15, 0.2) is 0 Å². The number of nitrogens with zero attached hydrogens (tertiary/aromatic N) is 2. The van der Waals surface area contributed by atoms with E-state index in [4.69, 9.17) is 20.8 Å². The number of hydrogen-bond donors (Lipinski definition) is 1. The zero-order valence-corrected chi connectivity index (χ0v) is 15.7. The molecule has 1 aromatic heterocycles. The number of carbonyl (C=O) groups excluding carboxylic acids is 1. The number of halogens is 1. The summed E-state index contributed by atoms with van der Waals surface area (Å²) in [6.45, 7) is 1.77. The van der Waals surface area contributed by atoms with Crippen LogP contribution in [0.25, 0.3) is 11.5 Å². The normalized spacial score (nSPS) is 11.8. The Kier molecular flexibility index (Phi) is 5.80. The third-order valence-electron chi connectivity index (χ3n) is 3.48. The zero-order valence-electron chi connectivity index (χ0n) is 14.1. The predicted molar refractivity (Wildman–Crippen MR) is 102 cm³/mol. The number of hydrogen-bond acceptors (Lipinski definition) is 6. The topological polar surface area (TPSA) is 77.2 Å². The molecule has 1 amide bonds. The monoisotopic (exact) mass is 389 g/mol. The Balaban J connectivity index is 1.62. The lowest BCUT2D eigenvalue weighted by Crippen LogP contribution is -2.22. The Morgan fingerprint density at radius 1 is 1.23 bits per heavy atom. The van der Waals surface area contributed by atoms with E-state index in [-0.39, 0.29) is 5.91 Å². The van der Waals surface area contributed by atoms with Crippen molar-refractivity contribution in [1.82, 2.24) is 10.2 Å². The molecule has 0 unspecified atom stereocenters. The van der Waals surface area contributed by atoms with Crippen molar-refractivity contribution >= 4 is 35.0 Å². The number of ether oxygens (including phenoxy) is 1. The lowest BCUT2D eigenvalue weighted by atomic mass is 10.2. The van der Waals surface area contributed by atoms with Crippen molar-refractivity contribution in [3.63, 3.8) is 0 Å². The van der Waals surface area contributed by atoms with Gasteiger partial charge in [-0.2, -0.15) is 0 Å². The number of benzene rings is 2. The van der Waals surface area contributed by atoms with Gasteiger partial charge in [0.2, 0.25) is 11.8 Å². The molecular weight excluding hydrogens is 374 g/mol. The van der Waals surface area contributed by atoms with Gasteiger partial charge in [-0.05, 0) is 49.4 Å². The fourth-order valence-electron chi connectivity index (χ4n) is 2.12. The van der Waals surface area contributed by atoms with E-state index in [0.717, 1.165) is 11.3 Å². The van der Waals surface area contributed by atoms with Crippen LogP contribution in [0.1, 0.15) is 6.92 Å². The maximum atomic E-state index is 12.3. The van der Waals surface area contributed by atoms with Gasteiger partial charge in [-0.25, -0.2) is 0 Å². The van der Waals surface area contributed by atoms with Crippen LogP contribution in [0.5, 0.6) is 5.75 Å². The number of rotatable bonds is 6. The van der Waals surface area contributed by atoms with Crippen LogP contribution in [0.2, 0.25) is 5.02 Å². The molecule has 0 spiro atoms. The first-order chi connectivity index (χ1) is 12.5. The molecule has 0 bridgehead atoms. The quantitative estimate of drug-likeness (QED) is 0.624. The minimum atomic E-state index is -0.412. The number of methoxy groups -OCH3 is 1. The number of carbonyl (C=O) groups is 1. The highest BCUT2D eigenvalue weighted by atomic mass is 35.5. The molecule has 26 heavy (non-hydrogen) atoms. The summed E-state index contributed by atoms with van der Waals surface area (Å²) in [5.74, 6) is 0.922. The van der Waals surface area contributed by atoms with Gasteiger partial charge in [0.1, 0.15) is 5.75 Å². The second-order valence-corrected chi connectivity index (χ2v) is 7.09. The third kappa shape index (κ3) is 4.56. The van der Waals surface area contributed by atoms with Crippen LogP contribution in [-0.2, 0) is 4.79 Å². The van der Waals surface area contributed by atoms with Crippen LogP contribution in [0.3, 0.4) is 0 Å². The molecule has 3 aromatic rings. The maximum Gasteiger partial charge on any atom is 0.277 e. The average Bonchev–Trinajstić information content (AvgIpc) is 3.11. The highest BCUT2D eigenvalue weighted by Gasteiger charge is 2.19. The van der Waals surface area contributed by atoms with Gasteiger partial charge in [-0.1, -0.05) is 29.4 Å². The Labute approximate surface area is 159 Å². The van der Waals surface area contributed by atoms with E-state index in [1.54, 1.807) is 56.5 Å². The molecule has 1 N–H and O–H groups in total. The van der Waals surface area contributed by atoms with Gasteiger partial charge < -0.3 is 14.5 Å². The maximum absolute atomic E-state index is 12.3. The Morgan fingerprint density at radius 2 is 2.00 bits per heavy atom. The fourth-order valence-corrected chi connectivity index (χ4v) is 2.99. The minimum absolute atomic E-state index is 0.164. The van der Waals surface area contributed by atoms with E-state index < -0.39 is 5.25 Å². The molecule has 0 saturated carbocycles. The van der Waals surface area contributed by atoms with Crippen molar-refractivity contribution in [2.45, 2.75) is 17.4 Å². The van der Waals surface area contributed by atoms with Crippen molar-refractivity contribution in [2.75, 3.05) is 12.4 Å². The van der Waals surface area contributed by atoms with Crippen molar-refractivity contribution in [3.05, 3.63) is 53.6 Å². The molecule has 134 valence electrons. The van der Waals surface area contributed by atoms with Gasteiger partial charge in [-0.15, -0.1) is 10.2 Å². The van der Waals surface area contributed by atoms with E-state index >= 15 is 0 Å². The van der Waals surface area contributed by atoms with Crippen molar-refractivity contribution in [2.24, 2.45) is 0 Å². The average molecular weight is 390 g/mol. The molecule has 2 aromatic carbocycles. The van der Waals surface area contributed by atoms with Crippen LogP contribution in [0, 0.1) is 0 Å². The Hall–Kier alpha value is -2.51. The summed E-state index contributed by atoms with van der Waals surface area (Å²) >= 11 is 7.16. The van der Waals surface area contributed by atoms with Crippen LogP contribution in [0.15, 0.2) is 58.2 Å². The molecule has 0 fully saturated rings. The summed E-state index contributed by atoms with van der Waals surface area (Å²) in [6.07, 6.45) is 0. The Morgan fingerprint density at radius 3 is 2.69 bits per heavy atom. The standard InChI is InChI=1S/C18H16ClN3O3S/c1-11(16(23)20-14-6-8-15(24-2)9-7-14)26-18-22-21-17(25-18)12-4-3-5-13(19)10-12/h3-11H,1-2H3,(H,20,23)/t11-/m1/s1. The molecule has 0 aliphatic heterocycles. The van der Waals surface area contributed by atoms with Crippen LogP contribution in [-0.4, -0.2) is 28.5 Å². The first-order valence-electron chi connectivity index (χ1n) is 7.76. The summed E-state index contributed by atoms with van der Waals surface area (Å²) in [4.78, 5) is 12.3. The van der Waals surface area contributed by atoms with Gasteiger partial charge in [0.25, 0.3) is 5.22 Å². The largest absolute Gasteiger partial charge is 0.497 e. The second kappa shape index (κ2) is 8.25. The van der Waals surface area contributed by atoms with E-state index in [2.05, 4.69) is 15.5 Å². The first kappa shape index (κ1) is 18.3. The molecule has 3 rings (SSSR count). The molecule has 1 atom stereocenters. The molecule has 0 aliphatic carbocycles. The second-order valence-electron chi connectivity index (χ2n) is 5.36. The molecule has 1 heterocycles. The van der Waals surface area contributed by atoms with Gasteiger partial charge in [0.05, 0.1) is 12.4 Å². The Bertz CT molecular complexity index is 899. The van der Waals surface area contributed by atoms with Gasteiger partial charge >= 0.3 is 0 Å². The van der Waals surface area contributed by atoms with Crippen molar-refractivity contribution < 1.29 is 13.9 Å². The SMILES string of the molecule is COc1ccc(NC(=O)[C@@H](C)Sc2nnc(-c3cccc(Cl)c3)o2)cc1. The number of thioether (sulfide) groups is 1. The fraction of sp³-hybridized carbons (Fsp3) is 0.167. The van der Waals surface area contributed by atoms with Crippen molar-refractivity contribution in [1.29, 1.82) is 0 Å². The number of aromatic nitrogens is 2. The summed E-state index contributed by atoms with van der Waals surface area (Å²) in [6, 6.07) is 14.3. The van der Waals surface area contributed by atoms with E-state index in [9.17, 15) is 4.79 Å². The number of nitrogens with one attached hydrogen (secondary N) is 1. The van der Waals surface area contributed by atoms with Crippen LogP contribution >= 0.6 is 23.4 Å². The minimum Gasteiger partial charge on any atom is -0.497 e. The number of amides is 1. The lowest BCUT2D eigenvalue weighted by molar-refractivity contribution is -0.115. The van der Waals surface area contributed by atoms with Gasteiger partial charge in [-0.3, -0.25) is 4.79 Å². The van der Waals surface area contributed by atoms with Crippen LogP contribution in [0.4, 0.5) is 5.69 Å². The number of anilines is 1. The molecule has 0 aliphatic rings. The predicted octanol–water partition coefficient (Wildman–Crippen LogP) is 4.52. The van der Waals surface area contributed by atoms with Crippen LogP contribution < -0.4 is 10.1 Å². The molecule has 8 heteroatoms. The van der Waals surface area contributed by atoms with E-state index in [0.29, 0.717) is 21.8 Å².